The van der Waals surface area contributed by atoms with Crippen molar-refractivity contribution in [1.29, 1.82) is 0 Å². The molecule has 2 rings (SSSR count). The Morgan fingerprint density at radius 2 is 1.19 bits per heavy atom. The quantitative estimate of drug-likeness (QED) is 0.218. The maximum absolute atomic E-state index is 12.5. The van der Waals surface area contributed by atoms with Crippen molar-refractivity contribution in [1.82, 2.24) is 0 Å². The molecule has 0 fully saturated rings. The van der Waals surface area contributed by atoms with E-state index in [1.807, 2.05) is 67.6 Å². The van der Waals surface area contributed by atoms with Crippen LogP contribution in [-0.4, -0.2) is 18.0 Å². The molecular formula is C28H38O4. The van der Waals surface area contributed by atoms with Crippen molar-refractivity contribution in [2.75, 3.05) is 0 Å². The van der Waals surface area contributed by atoms with E-state index in [-0.39, 0.29) is 30.9 Å². The second-order valence-electron chi connectivity index (χ2n) is 8.40. The van der Waals surface area contributed by atoms with E-state index in [1.165, 1.54) is 32.1 Å². The van der Waals surface area contributed by atoms with Gasteiger partial charge in [0.05, 0.1) is 6.10 Å². The molecule has 0 spiro atoms. The minimum atomic E-state index is -0.450. The molecule has 4 heteroatoms. The van der Waals surface area contributed by atoms with E-state index in [0.29, 0.717) is 6.42 Å². The average molecular weight is 439 g/mol. The van der Waals surface area contributed by atoms with Gasteiger partial charge in [0, 0.05) is 12.8 Å². The maximum atomic E-state index is 12.5. The molecule has 1 unspecified atom stereocenters. The molecule has 0 aliphatic heterocycles. The monoisotopic (exact) mass is 438 g/mol. The van der Waals surface area contributed by atoms with Crippen molar-refractivity contribution in [2.45, 2.75) is 90.3 Å². The Morgan fingerprint density at radius 1 is 0.688 bits per heavy atom. The summed E-state index contributed by atoms with van der Waals surface area (Å²) in [5, 5.41) is 0. The van der Waals surface area contributed by atoms with Crippen LogP contribution in [0.5, 0.6) is 0 Å². The lowest BCUT2D eigenvalue weighted by Gasteiger charge is -2.19. The average Bonchev–Trinajstić information content (AvgIpc) is 2.81. The molecule has 0 saturated carbocycles. The zero-order valence-corrected chi connectivity index (χ0v) is 19.6. The Morgan fingerprint density at radius 3 is 1.75 bits per heavy atom. The van der Waals surface area contributed by atoms with E-state index in [0.717, 1.165) is 24.0 Å². The van der Waals surface area contributed by atoms with Gasteiger partial charge in [-0.15, -0.1) is 0 Å². The third kappa shape index (κ3) is 10.1. The topological polar surface area (TPSA) is 52.6 Å². The van der Waals surface area contributed by atoms with Crippen molar-refractivity contribution in [2.24, 2.45) is 0 Å². The second-order valence-corrected chi connectivity index (χ2v) is 8.40. The lowest BCUT2D eigenvalue weighted by atomic mass is 10.0. The van der Waals surface area contributed by atoms with Crippen molar-refractivity contribution >= 4 is 11.9 Å². The first-order chi connectivity index (χ1) is 15.6. The predicted octanol–water partition coefficient (Wildman–Crippen LogP) is 7.17. The minimum absolute atomic E-state index is 0.0684. The summed E-state index contributed by atoms with van der Waals surface area (Å²) in [6.45, 7) is 4.16. The van der Waals surface area contributed by atoms with Crippen LogP contribution in [0, 0.1) is 0 Å². The Kier molecular flexibility index (Phi) is 12.2. The molecule has 2 aromatic rings. The van der Waals surface area contributed by atoms with Gasteiger partial charge in [0.1, 0.15) is 0 Å². The summed E-state index contributed by atoms with van der Waals surface area (Å²) in [5.74, 6) is -0.547. The molecule has 1 atom stereocenters. The van der Waals surface area contributed by atoms with Crippen LogP contribution in [0.15, 0.2) is 60.7 Å². The SMILES string of the molecule is CCCCCCCCC(C)OC(=O)CCCC(=O)OC(c1ccccc1)c1ccccc1. The van der Waals surface area contributed by atoms with Crippen LogP contribution in [0.4, 0.5) is 0 Å². The standard InChI is InChI=1S/C28H38O4/c1-3-4-5-6-7-10-16-23(2)31-26(29)21-15-22-27(30)32-28(24-17-11-8-12-18-24)25-19-13-9-14-20-25/h8-9,11-14,17-20,23,28H,3-7,10,15-16,21-22H2,1-2H3. The molecule has 0 N–H and O–H groups in total. The van der Waals surface area contributed by atoms with Crippen molar-refractivity contribution in [3.05, 3.63) is 71.8 Å². The molecule has 4 nitrogen and oxygen atoms in total. The molecule has 0 aromatic heterocycles. The summed E-state index contributed by atoms with van der Waals surface area (Å²) in [6, 6.07) is 19.4. The fraction of sp³-hybridized carbons (Fsp3) is 0.500. The maximum Gasteiger partial charge on any atom is 0.306 e. The van der Waals surface area contributed by atoms with E-state index in [9.17, 15) is 9.59 Å². The third-order valence-electron chi connectivity index (χ3n) is 5.51. The molecule has 2 aromatic carbocycles. The van der Waals surface area contributed by atoms with Gasteiger partial charge in [0.15, 0.2) is 6.10 Å². The molecule has 0 aliphatic carbocycles. The summed E-state index contributed by atoms with van der Waals surface area (Å²) in [4.78, 5) is 24.6. The molecule has 0 saturated heterocycles. The van der Waals surface area contributed by atoms with Gasteiger partial charge in [-0.2, -0.15) is 0 Å². The van der Waals surface area contributed by atoms with Gasteiger partial charge in [-0.05, 0) is 37.3 Å². The van der Waals surface area contributed by atoms with Crippen LogP contribution in [0.3, 0.4) is 0 Å². The number of ether oxygens (including phenoxy) is 2. The largest absolute Gasteiger partial charge is 0.463 e. The number of carbonyl (C=O) groups is 2. The summed E-state index contributed by atoms with van der Waals surface area (Å²) in [6.07, 6.45) is 8.60. The second kappa shape index (κ2) is 15.2. The predicted molar refractivity (Wildman–Crippen MR) is 128 cm³/mol. The van der Waals surface area contributed by atoms with Gasteiger partial charge < -0.3 is 9.47 Å². The highest BCUT2D eigenvalue weighted by atomic mass is 16.5. The summed E-state index contributed by atoms with van der Waals surface area (Å²) < 4.78 is 11.3. The molecule has 174 valence electrons. The molecule has 0 bridgehead atoms. The van der Waals surface area contributed by atoms with Crippen LogP contribution in [0.1, 0.15) is 95.3 Å². The molecule has 0 radical (unpaired) electrons. The number of rotatable bonds is 15. The van der Waals surface area contributed by atoms with E-state index < -0.39 is 6.10 Å². The van der Waals surface area contributed by atoms with Crippen LogP contribution < -0.4 is 0 Å². The Bertz CT molecular complexity index is 733. The first-order valence-corrected chi connectivity index (χ1v) is 12.1. The van der Waals surface area contributed by atoms with Gasteiger partial charge in [0.25, 0.3) is 0 Å². The van der Waals surface area contributed by atoms with Gasteiger partial charge in [0.2, 0.25) is 0 Å². The molecule has 0 heterocycles. The number of benzene rings is 2. The van der Waals surface area contributed by atoms with E-state index in [2.05, 4.69) is 6.92 Å². The van der Waals surface area contributed by atoms with Crippen molar-refractivity contribution in [3.63, 3.8) is 0 Å². The normalized spacial score (nSPS) is 11.8. The zero-order valence-electron chi connectivity index (χ0n) is 19.6. The summed E-state index contributed by atoms with van der Waals surface area (Å²) in [5.41, 5.74) is 1.85. The van der Waals surface area contributed by atoms with Crippen LogP contribution in [0.2, 0.25) is 0 Å². The van der Waals surface area contributed by atoms with Gasteiger partial charge in [-0.3, -0.25) is 9.59 Å². The van der Waals surface area contributed by atoms with Crippen molar-refractivity contribution < 1.29 is 19.1 Å². The van der Waals surface area contributed by atoms with Gasteiger partial charge in [-0.25, -0.2) is 0 Å². The third-order valence-corrected chi connectivity index (χ3v) is 5.51. The highest BCUT2D eigenvalue weighted by molar-refractivity contribution is 5.73. The first-order valence-electron chi connectivity index (χ1n) is 12.1. The smallest absolute Gasteiger partial charge is 0.306 e. The molecule has 32 heavy (non-hydrogen) atoms. The Labute approximate surface area is 193 Å². The lowest BCUT2D eigenvalue weighted by Crippen LogP contribution is -2.16. The van der Waals surface area contributed by atoms with Crippen LogP contribution in [0.25, 0.3) is 0 Å². The van der Waals surface area contributed by atoms with Gasteiger partial charge >= 0.3 is 11.9 Å². The highest BCUT2D eigenvalue weighted by Gasteiger charge is 2.19. The first kappa shape index (κ1) is 25.6. The number of unbranched alkanes of at least 4 members (excludes halogenated alkanes) is 5. The molecular weight excluding hydrogens is 400 g/mol. The van der Waals surface area contributed by atoms with E-state index in [1.54, 1.807) is 0 Å². The number of hydrogen-bond donors (Lipinski definition) is 0. The van der Waals surface area contributed by atoms with Crippen LogP contribution in [-0.2, 0) is 19.1 Å². The fourth-order valence-electron chi connectivity index (χ4n) is 3.71. The van der Waals surface area contributed by atoms with Gasteiger partial charge in [-0.1, -0.05) is 99.7 Å². The number of carbonyl (C=O) groups excluding carboxylic acids is 2. The highest BCUT2D eigenvalue weighted by Crippen LogP contribution is 2.26. The lowest BCUT2D eigenvalue weighted by molar-refractivity contribution is -0.150. The van der Waals surface area contributed by atoms with Crippen molar-refractivity contribution in [3.8, 4) is 0 Å². The zero-order chi connectivity index (χ0) is 23.0. The van der Waals surface area contributed by atoms with Crippen LogP contribution >= 0.6 is 0 Å². The summed E-state index contributed by atoms with van der Waals surface area (Å²) in [7, 11) is 0. The fourth-order valence-corrected chi connectivity index (χ4v) is 3.71. The number of hydrogen-bond acceptors (Lipinski definition) is 4. The Balaban J connectivity index is 1.70. The molecule has 0 aliphatic rings. The minimum Gasteiger partial charge on any atom is -0.463 e. The number of esters is 2. The molecule has 0 amide bonds. The Hall–Kier alpha value is -2.62. The van der Waals surface area contributed by atoms with E-state index >= 15 is 0 Å². The summed E-state index contributed by atoms with van der Waals surface area (Å²) >= 11 is 0. The van der Waals surface area contributed by atoms with E-state index in [4.69, 9.17) is 9.47 Å².